The predicted octanol–water partition coefficient (Wildman–Crippen LogP) is 1.71. The lowest BCUT2D eigenvalue weighted by Crippen LogP contribution is -2.33. The maximum Gasteiger partial charge on any atom is 0.251 e. The van der Waals surface area contributed by atoms with Gasteiger partial charge >= 0.3 is 0 Å². The second-order valence-electron chi connectivity index (χ2n) is 6.03. The summed E-state index contributed by atoms with van der Waals surface area (Å²) in [5.41, 5.74) is 3.49. The van der Waals surface area contributed by atoms with E-state index in [4.69, 9.17) is 0 Å². The van der Waals surface area contributed by atoms with E-state index in [1.54, 1.807) is 12.1 Å². The number of amides is 2. The van der Waals surface area contributed by atoms with Crippen molar-refractivity contribution in [2.45, 2.75) is 32.0 Å². The topological polar surface area (TPSA) is 78.4 Å². The normalized spacial score (nSPS) is 18.8. The monoisotopic (exact) mass is 324 g/mol. The number of benzene rings is 2. The number of aliphatic hydroxyl groups is 1. The smallest absolute Gasteiger partial charge is 0.251 e. The number of aliphatic hydroxyl groups excluding tert-OH is 1. The van der Waals surface area contributed by atoms with Gasteiger partial charge in [-0.25, -0.2) is 0 Å². The Labute approximate surface area is 140 Å². The molecule has 0 saturated carbocycles. The first-order valence-corrected chi connectivity index (χ1v) is 7.94. The van der Waals surface area contributed by atoms with Crippen LogP contribution in [-0.4, -0.2) is 23.0 Å². The number of hydrogen-bond donors (Lipinski definition) is 3. The molecule has 2 amide bonds. The van der Waals surface area contributed by atoms with Gasteiger partial charge in [0.15, 0.2) is 0 Å². The number of carbonyl (C=O) groups excluding carboxylic acids is 2. The summed E-state index contributed by atoms with van der Waals surface area (Å²) in [6.07, 6.45) is -0.0538. The lowest BCUT2D eigenvalue weighted by Gasteiger charge is -2.18. The Kier molecular flexibility index (Phi) is 4.62. The minimum atomic E-state index is -0.606. The molecule has 0 spiro atoms. The van der Waals surface area contributed by atoms with Crippen LogP contribution >= 0.6 is 0 Å². The molecule has 0 fully saturated rings. The van der Waals surface area contributed by atoms with Crippen molar-refractivity contribution < 1.29 is 14.7 Å². The van der Waals surface area contributed by atoms with Crippen LogP contribution in [0.5, 0.6) is 0 Å². The van der Waals surface area contributed by atoms with E-state index in [1.165, 1.54) is 6.92 Å². The molecule has 124 valence electrons. The molecule has 2 aromatic rings. The van der Waals surface area contributed by atoms with Crippen LogP contribution in [0.15, 0.2) is 48.5 Å². The fourth-order valence-corrected chi connectivity index (χ4v) is 2.97. The van der Waals surface area contributed by atoms with E-state index in [1.807, 2.05) is 36.4 Å². The van der Waals surface area contributed by atoms with Gasteiger partial charge in [-0.1, -0.05) is 36.4 Å². The molecule has 2 aromatic carbocycles. The molecule has 24 heavy (non-hydrogen) atoms. The van der Waals surface area contributed by atoms with Crippen molar-refractivity contribution in [3.63, 3.8) is 0 Å². The Bertz CT molecular complexity index is 755. The fraction of sp³-hybridized carbons (Fsp3) is 0.263. The van der Waals surface area contributed by atoms with E-state index in [2.05, 4.69) is 10.6 Å². The second-order valence-corrected chi connectivity index (χ2v) is 6.03. The Morgan fingerprint density at radius 3 is 2.54 bits per heavy atom. The highest BCUT2D eigenvalue weighted by Crippen LogP contribution is 2.31. The van der Waals surface area contributed by atoms with Crippen molar-refractivity contribution in [3.05, 3.63) is 70.8 Å². The van der Waals surface area contributed by atoms with E-state index in [9.17, 15) is 14.7 Å². The highest BCUT2D eigenvalue weighted by atomic mass is 16.3. The van der Waals surface area contributed by atoms with Crippen LogP contribution in [0.3, 0.4) is 0 Å². The van der Waals surface area contributed by atoms with E-state index in [0.717, 1.165) is 16.7 Å². The summed E-state index contributed by atoms with van der Waals surface area (Å²) in [6.45, 7) is 1.90. The first kappa shape index (κ1) is 16.2. The molecule has 0 radical (unpaired) electrons. The van der Waals surface area contributed by atoms with Crippen LogP contribution in [-0.2, 0) is 17.8 Å². The highest BCUT2D eigenvalue weighted by Gasteiger charge is 2.31. The van der Waals surface area contributed by atoms with Gasteiger partial charge in [0.25, 0.3) is 5.91 Å². The lowest BCUT2D eigenvalue weighted by atomic mass is 10.1. The number of fused-ring (bicyclic) bond motifs is 1. The van der Waals surface area contributed by atoms with Gasteiger partial charge in [0.05, 0.1) is 12.1 Å². The summed E-state index contributed by atoms with van der Waals surface area (Å²) in [5.74, 6) is -0.312. The van der Waals surface area contributed by atoms with E-state index in [0.29, 0.717) is 18.5 Å². The first-order chi connectivity index (χ1) is 11.5. The average Bonchev–Trinajstić information content (AvgIpc) is 2.89. The molecule has 2 atom stereocenters. The molecule has 0 bridgehead atoms. The minimum Gasteiger partial charge on any atom is -0.390 e. The van der Waals surface area contributed by atoms with Gasteiger partial charge in [0.1, 0.15) is 0 Å². The van der Waals surface area contributed by atoms with Crippen LogP contribution in [0.4, 0.5) is 0 Å². The Morgan fingerprint density at radius 1 is 1.12 bits per heavy atom. The zero-order valence-corrected chi connectivity index (χ0v) is 13.5. The van der Waals surface area contributed by atoms with Crippen LogP contribution in [0.2, 0.25) is 0 Å². The van der Waals surface area contributed by atoms with Crippen LogP contribution in [0.25, 0.3) is 0 Å². The van der Waals surface area contributed by atoms with E-state index in [-0.39, 0.29) is 17.9 Å². The molecule has 5 nitrogen and oxygen atoms in total. The third kappa shape index (κ3) is 3.46. The molecule has 1 aliphatic carbocycles. The van der Waals surface area contributed by atoms with Crippen LogP contribution in [0.1, 0.15) is 40.0 Å². The first-order valence-electron chi connectivity index (χ1n) is 7.94. The van der Waals surface area contributed by atoms with Gasteiger partial charge < -0.3 is 15.7 Å². The SMILES string of the molecule is CC(=O)NCc1ccc(C(=O)N[C@H]2c3ccccc3C[C@H]2O)cc1. The summed E-state index contributed by atoms with van der Waals surface area (Å²) < 4.78 is 0. The highest BCUT2D eigenvalue weighted by molar-refractivity contribution is 5.94. The summed E-state index contributed by atoms with van der Waals surface area (Å²) >= 11 is 0. The number of rotatable bonds is 4. The lowest BCUT2D eigenvalue weighted by molar-refractivity contribution is -0.119. The van der Waals surface area contributed by atoms with Crippen molar-refractivity contribution in [2.24, 2.45) is 0 Å². The second kappa shape index (κ2) is 6.84. The Hall–Kier alpha value is -2.66. The minimum absolute atomic E-state index is 0.0919. The largest absolute Gasteiger partial charge is 0.390 e. The van der Waals surface area contributed by atoms with Crippen molar-refractivity contribution in [2.75, 3.05) is 0 Å². The van der Waals surface area contributed by atoms with Crippen molar-refractivity contribution in [1.82, 2.24) is 10.6 Å². The molecular formula is C19H20N2O3. The quantitative estimate of drug-likeness (QED) is 0.801. The number of carbonyl (C=O) groups is 2. The van der Waals surface area contributed by atoms with Crippen molar-refractivity contribution in [1.29, 1.82) is 0 Å². The molecule has 0 aliphatic heterocycles. The Morgan fingerprint density at radius 2 is 1.83 bits per heavy atom. The zero-order chi connectivity index (χ0) is 17.1. The molecule has 5 heteroatoms. The van der Waals surface area contributed by atoms with Crippen LogP contribution < -0.4 is 10.6 Å². The van der Waals surface area contributed by atoms with Crippen LogP contribution in [0, 0.1) is 0 Å². The van der Waals surface area contributed by atoms with Gasteiger partial charge in [-0.15, -0.1) is 0 Å². The zero-order valence-electron chi connectivity index (χ0n) is 13.5. The van der Waals surface area contributed by atoms with Gasteiger partial charge in [-0.05, 0) is 28.8 Å². The number of hydrogen-bond acceptors (Lipinski definition) is 3. The van der Waals surface area contributed by atoms with Crippen molar-refractivity contribution in [3.8, 4) is 0 Å². The standard InChI is InChI=1S/C19H20N2O3/c1-12(22)20-11-13-6-8-14(9-7-13)19(24)21-18-16-5-3-2-4-15(16)10-17(18)23/h2-9,17-18,23H,10-11H2,1H3,(H,20,22)(H,21,24)/t17-,18+/m1/s1. The van der Waals surface area contributed by atoms with Gasteiger partial charge in [0, 0.05) is 25.5 Å². The third-order valence-corrected chi connectivity index (χ3v) is 4.25. The van der Waals surface area contributed by atoms with Crippen molar-refractivity contribution >= 4 is 11.8 Å². The maximum atomic E-state index is 12.4. The summed E-state index contributed by atoms with van der Waals surface area (Å²) in [5, 5.41) is 15.8. The summed E-state index contributed by atoms with van der Waals surface area (Å²) in [7, 11) is 0. The molecule has 0 aromatic heterocycles. The summed E-state index contributed by atoms with van der Waals surface area (Å²) in [4.78, 5) is 23.4. The number of nitrogens with one attached hydrogen (secondary N) is 2. The fourth-order valence-electron chi connectivity index (χ4n) is 2.97. The molecule has 0 heterocycles. The maximum absolute atomic E-state index is 12.4. The van der Waals surface area contributed by atoms with E-state index < -0.39 is 6.10 Å². The van der Waals surface area contributed by atoms with E-state index >= 15 is 0 Å². The van der Waals surface area contributed by atoms with Gasteiger partial charge in [-0.2, -0.15) is 0 Å². The molecule has 0 saturated heterocycles. The molecule has 0 unspecified atom stereocenters. The van der Waals surface area contributed by atoms with Gasteiger partial charge in [0.2, 0.25) is 5.91 Å². The molecule has 3 N–H and O–H groups in total. The Balaban J connectivity index is 1.68. The molecular weight excluding hydrogens is 304 g/mol. The molecule has 3 rings (SSSR count). The predicted molar refractivity (Wildman–Crippen MR) is 90.3 cm³/mol. The van der Waals surface area contributed by atoms with Gasteiger partial charge in [-0.3, -0.25) is 9.59 Å². The molecule has 1 aliphatic rings. The summed E-state index contributed by atoms with van der Waals surface area (Å²) in [6, 6.07) is 14.4. The third-order valence-electron chi connectivity index (χ3n) is 4.25. The average molecular weight is 324 g/mol.